The molecule has 108 valence electrons. The summed E-state index contributed by atoms with van der Waals surface area (Å²) in [6.45, 7) is 0. The minimum atomic E-state index is -0.510. The molecule has 3 rings (SSSR count). The molecule has 0 saturated heterocycles. The van der Waals surface area contributed by atoms with E-state index in [1.807, 2.05) is 42.5 Å². The van der Waals surface area contributed by atoms with Crippen LogP contribution in [0.15, 0.2) is 65.7 Å². The van der Waals surface area contributed by atoms with Crippen LogP contribution in [0.4, 0.5) is 17.1 Å². The molecule has 0 spiro atoms. The highest BCUT2D eigenvalue weighted by Crippen LogP contribution is 2.26. The SMILES string of the molecule is Nc1ccc(N=Cc2ccc3ccccc3c2)cc1[N+](=O)[O-]. The number of nitrogen functional groups attached to an aromatic ring is 1. The molecule has 0 fully saturated rings. The summed E-state index contributed by atoms with van der Waals surface area (Å²) in [6, 6.07) is 18.5. The maximum absolute atomic E-state index is 10.9. The molecule has 0 amide bonds. The van der Waals surface area contributed by atoms with Crippen LogP contribution in [0.5, 0.6) is 0 Å². The van der Waals surface area contributed by atoms with Crippen molar-refractivity contribution in [2.24, 2.45) is 4.99 Å². The van der Waals surface area contributed by atoms with E-state index in [0.29, 0.717) is 5.69 Å². The zero-order valence-electron chi connectivity index (χ0n) is 11.6. The summed E-state index contributed by atoms with van der Waals surface area (Å²) in [6.07, 6.45) is 1.68. The molecule has 0 aliphatic carbocycles. The summed E-state index contributed by atoms with van der Waals surface area (Å²) in [7, 11) is 0. The second-order valence-corrected chi connectivity index (χ2v) is 4.87. The first kappa shape index (κ1) is 13.8. The number of nitro benzene ring substituents is 1. The van der Waals surface area contributed by atoms with Crippen molar-refractivity contribution in [2.45, 2.75) is 0 Å². The highest BCUT2D eigenvalue weighted by atomic mass is 16.6. The molecular formula is C17H13N3O2. The third kappa shape index (κ3) is 2.78. The number of rotatable bonds is 3. The van der Waals surface area contributed by atoms with Gasteiger partial charge in [0.25, 0.3) is 5.69 Å². The van der Waals surface area contributed by atoms with Crippen LogP contribution < -0.4 is 5.73 Å². The van der Waals surface area contributed by atoms with Gasteiger partial charge in [0.05, 0.1) is 10.6 Å². The average molecular weight is 291 g/mol. The Morgan fingerprint density at radius 1 is 1.00 bits per heavy atom. The standard InChI is InChI=1S/C17H13N3O2/c18-16-8-7-15(10-17(16)20(21)22)19-11-12-5-6-13-3-1-2-4-14(13)9-12/h1-11H,18H2. The molecule has 0 saturated carbocycles. The van der Waals surface area contributed by atoms with Crippen molar-refractivity contribution in [2.75, 3.05) is 5.73 Å². The van der Waals surface area contributed by atoms with Gasteiger partial charge in [-0.15, -0.1) is 0 Å². The first-order valence-electron chi connectivity index (χ1n) is 6.70. The lowest BCUT2D eigenvalue weighted by atomic mass is 10.1. The molecular weight excluding hydrogens is 278 g/mol. The molecule has 0 unspecified atom stereocenters. The lowest BCUT2D eigenvalue weighted by Crippen LogP contribution is -1.94. The Bertz CT molecular complexity index is 888. The van der Waals surface area contributed by atoms with Crippen molar-refractivity contribution in [1.82, 2.24) is 0 Å². The number of nitrogens with two attached hydrogens (primary N) is 1. The number of hydrogen-bond donors (Lipinski definition) is 1. The quantitative estimate of drug-likeness (QED) is 0.341. The van der Waals surface area contributed by atoms with E-state index in [0.717, 1.165) is 16.3 Å². The van der Waals surface area contributed by atoms with Crippen LogP contribution in [-0.4, -0.2) is 11.1 Å². The molecule has 0 bridgehead atoms. The summed E-state index contributed by atoms with van der Waals surface area (Å²) in [5.74, 6) is 0. The molecule has 5 heteroatoms. The first-order valence-corrected chi connectivity index (χ1v) is 6.70. The van der Waals surface area contributed by atoms with Crippen LogP contribution in [0.2, 0.25) is 0 Å². The van der Waals surface area contributed by atoms with Gasteiger partial charge in [-0.1, -0.05) is 36.4 Å². The Morgan fingerprint density at radius 2 is 1.77 bits per heavy atom. The van der Waals surface area contributed by atoms with Crippen molar-refractivity contribution in [3.05, 3.63) is 76.3 Å². The molecule has 3 aromatic rings. The van der Waals surface area contributed by atoms with E-state index in [4.69, 9.17) is 5.73 Å². The molecule has 5 nitrogen and oxygen atoms in total. The zero-order valence-corrected chi connectivity index (χ0v) is 11.6. The average Bonchev–Trinajstić information content (AvgIpc) is 2.53. The number of fused-ring (bicyclic) bond motifs is 1. The second kappa shape index (κ2) is 5.65. The maximum atomic E-state index is 10.9. The van der Waals surface area contributed by atoms with Crippen molar-refractivity contribution in [1.29, 1.82) is 0 Å². The highest BCUT2D eigenvalue weighted by molar-refractivity contribution is 5.91. The fourth-order valence-electron chi connectivity index (χ4n) is 2.21. The predicted molar refractivity (Wildman–Crippen MR) is 88.7 cm³/mol. The summed E-state index contributed by atoms with van der Waals surface area (Å²) in [5.41, 5.74) is 6.99. The van der Waals surface area contributed by atoms with Crippen LogP contribution in [0.3, 0.4) is 0 Å². The molecule has 0 aromatic heterocycles. The monoisotopic (exact) mass is 291 g/mol. The summed E-state index contributed by atoms with van der Waals surface area (Å²) >= 11 is 0. The Balaban J connectivity index is 1.92. The van der Waals surface area contributed by atoms with Gasteiger partial charge in [0.1, 0.15) is 5.69 Å². The van der Waals surface area contributed by atoms with Gasteiger partial charge >= 0.3 is 0 Å². The Labute approximate surface area is 126 Å². The minimum Gasteiger partial charge on any atom is -0.393 e. The van der Waals surface area contributed by atoms with Crippen molar-refractivity contribution >= 4 is 34.0 Å². The number of hydrogen-bond acceptors (Lipinski definition) is 4. The topological polar surface area (TPSA) is 81.5 Å². The van der Waals surface area contributed by atoms with Crippen LogP contribution in [0, 0.1) is 10.1 Å². The minimum absolute atomic E-state index is 0.131. The summed E-state index contributed by atoms with van der Waals surface area (Å²) in [4.78, 5) is 14.6. The predicted octanol–water partition coefficient (Wildman–Crippen LogP) is 4.08. The number of aliphatic imine (C=N–C) groups is 1. The van der Waals surface area contributed by atoms with E-state index < -0.39 is 4.92 Å². The smallest absolute Gasteiger partial charge is 0.294 e. The van der Waals surface area contributed by atoms with E-state index in [9.17, 15) is 10.1 Å². The number of anilines is 1. The molecule has 0 heterocycles. The van der Waals surface area contributed by atoms with Crippen LogP contribution in [0.25, 0.3) is 10.8 Å². The van der Waals surface area contributed by atoms with Crippen LogP contribution >= 0.6 is 0 Å². The largest absolute Gasteiger partial charge is 0.393 e. The molecule has 0 radical (unpaired) electrons. The van der Waals surface area contributed by atoms with Gasteiger partial charge in [-0.25, -0.2) is 0 Å². The zero-order chi connectivity index (χ0) is 15.5. The van der Waals surface area contributed by atoms with Gasteiger partial charge in [0.2, 0.25) is 0 Å². The van der Waals surface area contributed by atoms with Gasteiger partial charge in [0.15, 0.2) is 0 Å². The van der Waals surface area contributed by atoms with Crippen LogP contribution in [-0.2, 0) is 0 Å². The molecule has 0 atom stereocenters. The maximum Gasteiger partial charge on any atom is 0.294 e. The van der Waals surface area contributed by atoms with Crippen LogP contribution in [0.1, 0.15) is 5.56 Å². The van der Waals surface area contributed by atoms with Gasteiger partial charge < -0.3 is 5.73 Å². The number of nitro groups is 1. The van der Waals surface area contributed by atoms with Gasteiger partial charge in [-0.3, -0.25) is 15.1 Å². The van der Waals surface area contributed by atoms with E-state index in [1.165, 1.54) is 12.1 Å². The van der Waals surface area contributed by atoms with E-state index in [-0.39, 0.29) is 11.4 Å². The lowest BCUT2D eigenvalue weighted by Gasteiger charge is -2.00. The summed E-state index contributed by atoms with van der Waals surface area (Å²) in [5, 5.41) is 13.1. The normalized spacial score (nSPS) is 11.1. The Hall–Kier alpha value is -3.21. The van der Waals surface area contributed by atoms with Crippen molar-refractivity contribution in [3.63, 3.8) is 0 Å². The molecule has 0 aliphatic rings. The first-order chi connectivity index (χ1) is 10.6. The number of nitrogens with zero attached hydrogens (tertiary/aromatic N) is 2. The fourth-order valence-corrected chi connectivity index (χ4v) is 2.21. The fraction of sp³-hybridized carbons (Fsp3) is 0. The summed E-state index contributed by atoms with van der Waals surface area (Å²) < 4.78 is 0. The van der Waals surface area contributed by atoms with E-state index in [1.54, 1.807) is 12.3 Å². The molecule has 3 aromatic carbocycles. The Morgan fingerprint density at radius 3 is 2.55 bits per heavy atom. The van der Waals surface area contributed by atoms with Crippen molar-refractivity contribution < 1.29 is 4.92 Å². The van der Waals surface area contributed by atoms with E-state index >= 15 is 0 Å². The Kier molecular flexibility index (Phi) is 3.53. The third-order valence-electron chi connectivity index (χ3n) is 3.35. The third-order valence-corrected chi connectivity index (χ3v) is 3.35. The lowest BCUT2D eigenvalue weighted by molar-refractivity contribution is -0.383. The molecule has 22 heavy (non-hydrogen) atoms. The van der Waals surface area contributed by atoms with Crippen molar-refractivity contribution in [3.8, 4) is 0 Å². The molecule has 2 N–H and O–H groups in total. The molecule has 0 aliphatic heterocycles. The van der Waals surface area contributed by atoms with Gasteiger partial charge in [-0.05, 0) is 34.5 Å². The van der Waals surface area contributed by atoms with Gasteiger partial charge in [-0.2, -0.15) is 0 Å². The van der Waals surface area contributed by atoms with E-state index in [2.05, 4.69) is 4.99 Å². The highest BCUT2D eigenvalue weighted by Gasteiger charge is 2.11. The second-order valence-electron chi connectivity index (χ2n) is 4.87. The van der Waals surface area contributed by atoms with Gasteiger partial charge in [0, 0.05) is 12.3 Å². The number of benzene rings is 3.